The maximum Gasteiger partial charge on any atom is 0.413 e. The van der Waals surface area contributed by atoms with Gasteiger partial charge in [-0.3, -0.25) is 35.5 Å². The number of benzene rings is 2. The van der Waals surface area contributed by atoms with E-state index in [-0.39, 0.29) is 24.6 Å². The molecule has 0 spiro atoms. The first-order valence-electron chi connectivity index (χ1n) is 12.9. The quantitative estimate of drug-likeness (QED) is 0.303. The van der Waals surface area contributed by atoms with E-state index in [9.17, 15) is 25.0 Å². The van der Waals surface area contributed by atoms with Crippen molar-refractivity contribution in [2.24, 2.45) is 15.7 Å². The van der Waals surface area contributed by atoms with Crippen molar-refractivity contribution >= 4 is 61.0 Å². The Morgan fingerprint density at radius 2 is 1.37 bits per heavy atom. The van der Waals surface area contributed by atoms with Gasteiger partial charge in [0.05, 0.1) is 23.1 Å². The number of nitrogens with zero attached hydrogens (tertiary/aromatic N) is 4. The first-order chi connectivity index (χ1) is 19.9. The highest BCUT2D eigenvalue weighted by molar-refractivity contribution is 9.10. The molecule has 0 aromatic heterocycles. The van der Waals surface area contributed by atoms with Crippen molar-refractivity contribution in [2.45, 2.75) is 51.3 Å². The summed E-state index contributed by atoms with van der Waals surface area (Å²) in [5.41, 5.74) is 4.76. The fourth-order valence-electron chi connectivity index (χ4n) is 4.21. The molecule has 14 nitrogen and oxygen atoms in total. The molecule has 2 aliphatic heterocycles. The highest BCUT2D eigenvalue weighted by Crippen LogP contribution is 2.34. The molecule has 2 heterocycles. The lowest BCUT2D eigenvalue weighted by Crippen LogP contribution is -2.44. The molecule has 0 bridgehead atoms. The van der Waals surface area contributed by atoms with Crippen LogP contribution in [-0.4, -0.2) is 59.6 Å². The van der Waals surface area contributed by atoms with Crippen LogP contribution in [0.15, 0.2) is 55.3 Å². The minimum Gasteiger partial charge on any atom is -0.444 e. The van der Waals surface area contributed by atoms with Crippen LogP contribution in [-0.2, 0) is 25.3 Å². The zero-order chi connectivity index (χ0) is 32.2. The number of nitrogens with one attached hydrogen (secondary N) is 1. The molecule has 16 heteroatoms. The largest absolute Gasteiger partial charge is 0.444 e. The topological polar surface area (TPSA) is 194 Å². The molecule has 2 aliphatic rings. The van der Waals surface area contributed by atoms with E-state index in [1.54, 1.807) is 39.8 Å². The van der Waals surface area contributed by atoms with E-state index in [0.717, 1.165) is 0 Å². The highest BCUT2D eigenvalue weighted by atomic mass is 79.9. The monoisotopic (exact) mass is 726 g/mol. The van der Waals surface area contributed by atoms with Crippen molar-refractivity contribution in [3.8, 4) is 0 Å². The Bertz CT molecular complexity index is 1480. The zero-order valence-corrected chi connectivity index (χ0v) is 27.4. The summed E-state index contributed by atoms with van der Waals surface area (Å²) < 4.78 is 17.3. The first kappa shape index (κ1) is 34.0. The molecule has 4 rings (SSSR count). The summed E-state index contributed by atoms with van der Waals surface area (Å²) in [5.74, 6) is 0.706. The Balaban J connectivity index is 0.000000248. The minimum absolute atomic E-state index is 0.0138. The number of aliphatic imine (C=N–C) groups is 2. The third kappa shape index (κ3) is 9.51. The van der Waals surface area contributed by atoms with Gasteiger partial charge in [0.1, 0.15) is 41.6 Å². The van der Waals surface area contributed by atoms with E-state index in [1.165, 1.54) is 24.3 Å². The molecule has 43 heavy (non-hydrogen) atoms. The van der Waals surface area contributed by atoms with Crippen molar-refractivity contribution in [3.63, 3.8) is 0 Å². The van der Waals surface area contributed by atoms with E-state index >= 15 is 0 Å². The molecular formula is C27H32Br2N6O8. The average Bonchev–Trinajstić information content (AvgIpc) is 2.87. The van der Waals surface area contributed by atoms with E-state index in [1.807, 2.05) is 6.92 Å². The molecule has 0 saturated heterocycles. The van der Waals surface area contributed by atoms with Gasteiger partial charge in [-0.1, -0.05) is 31.9 Å². The van der Waals surface area contributed by atoms with Crippen molar-refractivity contribution in [1.29, 1.82) is 0 Å². The summed E-state index contributed by atoms with van der Waals surface area (Å²) in [6, 6.07) is 9.35. The zero-order valence-electron chi connectivity index (χ0n) is 24.2. The molecule has 0 fully saturated rings. The Kier molecular flexibility index (Phi) is 10.6. The number of amides is 1. The number of nitro benzene ring substituents is 2. The molecule has 0 saturated carbocycles. The van der Waals surface area contributed by atoms with Gasteiger partial charge in [0.15, 0.2) is 0 Å². The average molecular weight is 728 g/mol. The van der Waals surface area contributed by atoms with Crippen LogP contribution in [0.4, 0.5) is 16.2 Å². The third-order valence-corrected chi connectivity index (χ3v) is 7.02. The van der Waals surface area contributed by atoms with Crippen LogP contribution in [0.1, 0.15) is 45.7 Å². The minimum atomic E-state index is -0.864. The number of nitro groups is 2. The van der Waals surface area contributed by atoms with Gasteiger partial charge in [0.25, 0.3) is 11.4 Å². The highest BCUT2D eigenvalue weighted by Gasteiger charge is 2.34. The Labute approximate surface area is 264 Å². The van der Waals surface area contributed by atoms with Gasteiger partial charge >= 0.3 is 6.09 Å². The van der Waals surface area contributed by atoms with Crippen LogP contribution < -0.4 is 11.1 Å². The molecule has 2 atom stereocenters. The number of rotatable bonds is 4. The maximum atomic E-state index is 11.9. The number of amidine groups is 2. The molecule has 2 aromatic rings. The van der Waals surface area contributed by atoms with Crippen LogP contribution in [0.2, 0.25) is 0 Å². The number of hydrogen-bond acceptors (Lipinski definition) is 11. The van der Waals surface area contributed by atoms with Crippen LogP contribution in [0.5, 0.6) is 0 Å². The van der Waals surface area contributed by atoms with Crippen LogP contribution in [0, 0.1) is 20.2 Å². The predicted molar refractivity (Wildman–Crippen MR) is 166 cm³/mol. The number of hydrogen-bond donors (Lipinski definition) is 2. The van der Waals surface area contributed by atoms with Crippen molar-refractivity contribution < 1.29 is 28.9 Å². The first-order valence-corrected chi connectivity index (χ1v) is 14.5. The fourth-order valence-corrected chi connectivity index (χ4v) is 5.17. The normalized spacial score (nSPS) is 21.8. The smallest absolute Gasteiger partial charge is 0.413 e. The lowest BCUT2D eigenvalue weighted by atomic mass is 9.92. The number of halogens is 2. The standard InChI is InChI=1S/C16H20BrN3O5.C11H12BrN3O3/c1-15(2,3)25-14(21)18-13-8-24-9-16(4,19-13)10-5-11(17)7-12(6-10)20(22)23;1-11(6-18-5-10(13)14-11)7-2-8(12)4-9(3-7)15(16)17/h5-7H,8-9H2,1-4H3,(H,18,19,21);2-4H,5-6H2,1H3,(H2,13,14)/t16-;11-/m00/s1. The summed E-state index contributed by atoms with van der Waals surface area (Å²) in [7, 11) is 0. The SMILES string of the molecule is CC(C)(C)OC(=O)NC1=N[C@](C)(c2cc(Br)cc([N+](=O)[O-])c2)COC1.C[C@@]1(c2cc(Br)cc([N+](=O)[O-])c2)COCC(N)=N1. The second kappa shape index (κ2) is 13.4. The molecule has 232 valence electrons. The molecule has 3 N–H and O–H groups in total. The van der Waals surface area contributed by atoms with E-state index < -0.39 is 32.6 Å². The van der Waals surface area contributed by atoms with Gasteiger partial charge in [0.2, 0.25) is 0 Å². The fraction of sp³-hybridized carbons (Fsp3) is 0.444. The van der Waals surface area contributed by atoms with Gasteiger partial charge in [-0.05, 0) is 57.9 Å². The lowest BCUT2D eigenvalue weighted by Gasteiger charge is -2.31. The number of carbonyl (C=O) groups is 1. The Hall–Kier alpha value is -3.47. The second-order valence-electron chi connectivity index (χ2n) is 11.2. The predicted octanol–water partition coefficient (Wildman–Crippen LogP) is 5.49. The number of carbonyl (C=O) groups excluding carboxylic acids is 1. The molecule has 2 aromatic carbocycles. The summed E-state index contributed by atoms with van der Waals surface area (Å²) in [4.78, 5) is 41.8. The molecule has 1 amide bonds. The van der Waals surface area contributed by atoms with Gasteiger partial charge in [-0.15, -0.1) is 0 Å². The number of non-ortho nitro benzene ring substituents is 2. The maximum absolute atomic E-state index is 11.9. The van der Waals surface area contributed by atoms with Crippen LogP contribution in [0.25, 0.3) is 0 Å². The Morgan fingerprint density at radius 1 is 0.907 bits per heavy atom. The molecule has 0 aliphatic carbocycles. The van der Waals surface area contributed by atoms with E-state index in [0.29, 0.717) is 45.0 Å². The molecule has 0 radical (unpaired) electrons. The Morgan fingerprint density at radius 3 is 1.81 bits per heavy atom. The van der Waals surface area contributed by atoms with Crippen LogP contribution >= 0.6 is 31.9 Å². The van der Waals surface area contributed by atoms with Gasteiger partial charge in [-0.2, -0.15) is 0 Å². The van der Waals surface area contributed by atoms with Crippen molar-refractivity contribution in [2.75, 3.05) is 26.4 Å². The summed E-state index contributed by atoms with van der Waals surface area (Å²) >= 11 is 6.54. The van der Waals surface area contributed by atoms with Gasteiger partial charge in [0, 0.05) is 33.2 Å². The third-order valence-electron chi connectivity index (χ3n) is 6.10. The lowest BCUT2D eigenvalue weighted by molar-refractivity contribution is -0.385. The number of nitrogens with two attached hydrogens (primary N) is 1. The summed E-state index contributed by atoms with van der Waals surface area (Å²) in [6.07, 6.45) is -0.626. The number of alkyl carbamates (subject to hydrolysis) is 1. The van der Waals surface area contributed by atoms with Crippen molar-refractivity contribution in [1.82, 2.24) is 5.32 Å². The molecular weight excluding hydrogens is 696 g/mol. The van der Waals surface area contributed by atoms with Gasteiger partial charge < -0.3 is 19.9 Å². The van der Waals surface area contributed by atoms with Gasteiger partial charge in [-0.25, -0.2) is 4.79 Å². The van der Waals surface area contributed by atoms with Crippen LogP contribution in [0.3, 0.4) is 0 Å². The second-order valence-corrected chi connectivity index (χ2v) is 13.1. The number of ether oxygens (including phenoxy) is 3. The molecule has 0 unspecified atom stereocenters. The van der Waals surface area contributed by atoms with Crippen molar-refractivity contribution in [3.05, 3.63) is 76.7 Å². The summed E-state index contributed by atoms with van der Waals surface area (Å²) in [5, 5.41) is 24.5. The van der Waals surface area contributed by atoms with E-state index in [4.69, 9.17) is 19.9 Å². The summed E-state index contributed by atoms with van der Waals surface area (Å²) in [6.45, 7) is 9.92. The van der Waals surface area contributed by atoms with E-state index in [2.05, 4.69) is 47.2 Å².